The lowest BCUT2D eigenvalue weighted by atomic mass is 10.0. The van der Waals surface area contributed by atoms with Crippen molar-refractivity contribution in [3.63, 3.8) is 0 Å². The topological polar surface area (TPSA) is 119 Å². The van der Waals surface area contributed by atoms with Crippen molar-refractivity contribution in [2.45, 2.75) is 23.6 Å². The number of nitro groups is 1. The van der Waals surface area contributed by atoms with Crippen molar-refractivity contribution in [1.82, 2.24) is 4.98 Å². The molecule has 0 saturated carbocycles. The Morgan fingerprint density at radius 2 is 1.52 bits per heavy atom. The van der Waals surface area contributed by atoms with Crippen LogP contribution in [0.1, 0.15) is 21.6 Å². The Kier molecular flexibility index (Phi) is 5.65. The number of nitrogens with zero attached hydrogens (tertiary/aromatic N) is 2. The summed E-state index contributed by atoms with van der Waals surface area (Å²) in [5.74, 6) is -0.331. The monoisotopic (exact) mass is 461 g/mol. The molecule has 1 amide bonds. The molecule has 0 aliphatic heterocycles. The van der Waals surface area contributed by atoms with Crippen LogP contribution >= 0.6 is 0 Å². The summed E-state index contributed by atoms with van der Waals surface area (Å²) < 4.78 is 25.6. The first-order chi connectivity index (χ1) is 15.6. The van der Waals surface area contributed by atoms with E-state index in [4.69, 9.17) is 0 Å². The molecule has 0 aliphatic carbocycles. The number of hydrogen-bond acceptors (Lipinski definition) is 6. The number of non-ortho nitro benzene ring substituents is 1. The molecule has 33 heavy (non-hydrogen) atoms. The summed E-state index contributed by atoms with van der Waals surface area (Å²) in [6.07, 6.45) is 0. The van der Waals surface area contributed by atoms with Gasteiger partial charge in [0.2, 0.25) is 9.84 Å². The molecule has 0 unspecified atom stereocenters. The SMILES string of the molecule is Cc1ccc2nc(C)cc(C(=O)Nc3ccc(S(=O)(=O)c4ccc([N+](=O)[O-])cc4)cc3)c2c1. The summed E-state index contributed by atoms with van der Waals surface area (Å²) in [6.45, 7) is 3.75. The number of benzene rings is 3. The maximum atomic E-state index is 13.0. The van der Waals surface area contributed by atoms with Crippen LogP contribution in [0, 0.1) is 24.0 Å². The van der Waals surface area contributed by atoms with Gasteiger partial charge in [-0.3, -0.25) is 19.9 Å². The summed E-state index contributed by atoms with van der Waals surface area (Å²) in [5, 5.41) is 14.3. The number of aryl methyl sites for hydroxylation is 2. The van der Waals surface area contributed by atoms with Gasteiger partial charge in [-0.15, -0.1) is 0 Å². The molecule has 0 radical (unpaired) electrons. The van der Waals surface area contributed by atoms with Crippen molar-refractivity contribution in [1.29, 1.82) is 0 Å². The second-order valence-electron chi connectivity index (χ2n) is 7.56. The van der Waals surface area contributed by atoms with Gasteiger partial charge in [-0.05, 0) is 68.4 Å². The van der Waals surface area contributed by atoms with E-state index in [1.54, 1.807) is 6.07 Å². The van der Waals surface area contributed by atoms with Gasteiger partial charge in [-0.25, -0.2) is 8.42 Å². The maximum Gasteiger partial charge on any atom is 0.269 e. The van der Waals surface area contributed by atoms with E-state index in [9.17, 15) is 23.3 Å². The highest BCUT2D eigenvalue weighted by Crippen LogP contribution is 2.25. The van der Waals surface area contributed by atoms with Crippen molar-refractivity contribution in [2.75, 3.05) is 5.32 Å². The fourth-order valence-electron chi connectivity index (χ4n) is 3.46. The molecule has 0 atom stereocenters. The van der Waals surface area contributed by atoms with Crippen molar-refractivity contribution in [2.24, 2.45) is 0 Å². The lowest BCUT2D eigenvalue weighted by Crippen LogP contribution is -2.13. The molecular weight excluding hydrogens is 442 g/mol. The predicted molar refractivity (Wildman–Crippen MR) is 124 cm³/mol. The zero-order chi connectivity index (χ0) is 23.8. The molecule has 1 heterocycles. The molecule has 0 fully saturated rings. The van der Waals surface area contributed by atoms with Crippen LogP contribution in [0.2, 0.25) is 0 Å². The second-order valence-corrected chi connectivity index (χ2v) is 9.51. The fourth-order valence-corrected chi connectivity index (χ4v) is 4.72. The van der Waals surface area contributed by atoms with Crippen LogP contribution in [-0.2, 0) is 9.84 Å². The third kappa shape index (κ3) is 4.44. The molecule has 0 saturated heterocycles. The van der Waals surface area contributed by atoms with Crippen LogP contribution in [0.25, 0.3) is 10.9 Å². The largest absolute Gasteiger partial charge is 0.322 e. The van der Waals surface area contributed by atoms with E-state index in [1.807, 2.05) is 32.0 Å². The molecule has 9 heteroatoms. The van der Waals surface area contributed by atoms with E-state index < -0.39 is 14.8 Å². The highest BCUT2D eigenvalue weighted by Gasteiger charge is 2.19. The number of nitrogens with one attached hydrogen (secondary N) is 1. The fraction of sp³-hybridized carbons (Fsp3) is 0.0833. The minimum Gasteiger partial charge on any atom is -0.322 e. The molecule has 0 spiro atoms. The Morgan fingerprint density at radius 3 is 2.12 bits per heavy atom. The second kappa shape index (κ2) is 8.44. The average molecular weight is 461 g/mol. The Morgan fingerprint density at radius 1 is 0.909 bits per heavy atom. The van der Waals surface area contributed by atoms with Crippen LogP contribution < -0.4 is 5.32 Å². The standard InChI is InChI=1S/C24H19N3O5S/c1-15-3-12-23-21(13-15)22(14-16(2)25-23)24(28)26-17-4-8-19(9-5-17)33(31,32)20-10-6-18(7-11-20)27(29)30/h3-14H,1-2H3,(H,26,28). The highest BCUT2D eigenvalue weighted by molar-refractivity contribution is 7.91. The third-order valence-corrected chi connectivity index (χ3v) is 6.90. The van der Waals surface area contributed by atoms with Crippen LogP contribution in [0.15, 0.2) is 82.6 Å². The van der Waals surface area contributed by atoms with Gasteiger partial charge in [-0.2, -0.15) is 0 Å². The molecule has 0 bridgehead atoms. The number of fused-ring (bicyclic) bond motifs is 1. The highest BCUT2D eigenvalue weighted by atomic mass is 32.2. The van der Waals surface area contributed by atoms with Crippen LogP contribution in [0.5, 0.6) is 0 Å². The number of hydrogen-bond donors (Lipinski definition) is 1. The number of nitro benzene ring substituents is 1. The first-order valence-electron chi connectivity index (χ1n) is 9.94. The first-order valence-corrected chi connectivity index (χ1v) is 11.4. The number of rotatable bonds is 5. The quantitative estimate of drug-likeness (QED) is 0.335. The number of carbonyl (C=O) groups excluding carboxylic acids is 1. The summed E-state index contributed by atoms with van der Waals surface area (Å²) in [7, 11) is -3.86. The smallest absolute Gasteiger partial charge is 0.269 e. The van der Waals surface area contributed by atoms with E-state index in [1.165, 1.54) is 36.4 Å². The molecule has 8 nitrogen and oxygen atoms in total. The lowest BCUT2D eigenvalue weighted by Gasteiger charge is -2.11. The van der Waals surface area contributed by atoms with Gasteiger partial charge >= 0.3 is 0 Å². The number of sulfone groups is 1. The summed E-state index contributed by atoms with van der Waals surface area (Å²) in [5.41, 5.74) is 3.14. The van der Waals surface area contributed by atoms with Gasteiger partial charge in [0.1, 0.15) is 0 Å². The third-order valence-electron chi connectivity index (χ3n) is 5.12. The number of carbonyl (C=O) groups is 1. The number of anilines is 1. The normalized spacial score (nSPS) is 11.3. The van der Waals surface area contributed by atoms with Gasteiger partial charge in [0.15, 0.2) is 0 Å². The maximum absolute atomic E-state index is 13.0. The molecular formula is C24H19N3O5S. The van der Waals surface area contributed by atoms with Gasteiger partial charge in [-0.1, -0.05) is 11.6 Å². The number of aromatic nitrogens is 1. The predicted octanol–water partition coefficient (Wildman–Crippen LogP) is 4.84. The van der Waals surface area contributed by atoms with Crippen molar-refractivity contribution >= 4 is 38.0 Å². The molecule has 4 aromatic rings. The van der Waals surface area contributed by atoms with Crippen molar-refractivity contribution in [3.8, 4) is 0 Å². The minimum absolute atomic E-state index is 0.00943. The van der Waals surface area contributed by atoms with Crippen LogP contribution in [-0.4, -0.2) is 24.2 Å². The van der Waals surface area contributed by atoms with Gasteiger partial charge in [0.25, 0.3) is 11.6 Å². The average Bonchev–Trinajstić information content (AvgIpc) is 2.79. The van der Waals surface area contributed by atoms with Crippen molar-refractivity contribution in [3.05, 3.63) is 99.7 Å². The Balaban J connectivity index is 1.59. The van der Waals surface area contributed by atoms with E-state index in [-0.39, 0.29) is 21.4 Å². The Bertz CT molecular complexity index is 1500. The molecule has 166 valence electrons. The lowest BCUT2D eigenvalue weighted by molar-refractivity contribution is -0.384. The van der Waals surface area contributed by atoms with E-state index in [0.29, 0.717) is 16.9 Å². The number of amides is 1. The van der Waals surface area contributed by atoms with Crippen LogP contribution in [0.4, 0.5) is 11.4 Å². The van der Waals surface area contributed by atoms with E-state index >= 15 is 0 Å². The Labute approximate surface area is 190 Å². The zero-order valence-corrected chi connectivity index (χ0v) is 18.6. The zero-order valence-electron chi connectivity index (χ0n) is 17.8. The molecule has 4 rings (SSSR count). The summed E-state index contributed by atoms with van der Waals surface area (Å²) in [4.78, 5) is 27.6. The van der Waals surface area contributed by atoms with E-state index in [0.717, 1.165) is 28.6 Å². The number of pyridine rings is 1. The van der Waals surface area contributed by atoms with Crippen molar-refractivity contribution < 1.29 is 18.1 Å². The van der Waals surface area contributed by atoms with Gasteiger partial charge < -0.3 is 5.32 Å². The minimum atomic E-state index is -3.86. The van der Waals surface area contributed by atoms with Crippen LogP contribution in [0.3, 0.4) is 0 Å². The first kappa shape index (κ1) is 22.1. The van der Waals surface area contributed by atoms with E-state index in [2.05, 4.69) is 10.3 Å². The van der Waals surface area contributed by atoms with Gasteiger partial charge in [0.05, 0.1) is 25.8 Å². The molecule has 1 N–H and O–H groups in total. The van der Waals surface area contributed by atoms with Gasteiger partial charge in [0, 0.05) is 28.9 Å². The summed E-state index contributed by atoms with van der Waals surface area (Å²) in [6, 6.07) is 17.8. The molecule has 0 aliphatic rings. The summed E-state index contributed by atoms with van der Waals surface area (Å²) >= 11 is 0. The molecule has 3 aromatic carbocycles. The molecule has 1 aromatic heterocycles. The Hall–Kier alpha value is -4.11.